The molecule has 9 heterocycles. The van der Waals surface area contributed by atoms with Crippen LogP contribution in [0.25, 0.3) is 83.7 Å². The fourth-order valence-electron chi connectivity index (χ4n) is 16.2. The summed E-state index contributed by atoms with van der Waals surface area (Å²) >= 11 is 52.2. The predicted molar refractivity (Wildman–Crippen MR) is 544 cm³/mol. The van der Waals surface area contributed by atoms with Crippen LogP contribution in [-0.2, 0) is 6.61 Å². The normalized spacial score (nSPS) is 13.9. The number of hydrazine groups is 4. The van der Waals surface area contributed by atoms with Crippen LogP contribution in [0.4, 0.5) is 0 Å². The third-order valence-electron chi connectivity index (χ3n) is 23.0. The molecule has 17 rings (SSSR count). The van der Waals surface area contributed by atoms with Crippen molar-refractivity contribution in [1.82, 2.24) is 84.9 Å². The minimum atomic E-state index is -0.380. The number of nitrogens with zero attached hydrogens (tertiary/aromatic N) is 14. The van der Waals surface area contributed by atoms with E-state index in [0.717, 1.165) is 160 Å². The summed E-state index contributed by atoms with van der Waals surface area (Å²) in [4.78, 5) is 79.4. The van der Waals surface area contributed by atoms with Crippen LogP contribution in [0.1, 0.15) is 171 Å². The summed E-state index contributed by atoms with van der Waals surface area (Å²) in [5.74, 6) is 18.6. The maximum absolute atomic E-state index is 13.3. The molecule has 137 heavy (non-hydrogen) atoms. The zero-order valence-electron chi connectivity index (χ0n) is 75.4. The lowest BCUT2D eigenvalue weighted by Gasteiger charge is -2.26. The van der Waals surface area contributed by atoms with Gasteiger partial charge in [0.05, 0.1) is 62.5 Å². The Hall–Kier alpha value is -11.7. The molecule has 4 aliphatic rings. The van der Waals surface area contributed by atoms with Crippen molar-refractivity contribution in [2.45, 2.75) is 117 Å². The van der Waals surface area contributed by atoms with Crippen LogP contribution in [0.15, 0.2) is 181 Å². The number of aromatic nitrogens is 9. The van der Waals surface area contributed by atoms with Crippen LogP contribution in [0, 0.1) is 62.9 Å². The molecular weight excluding hydrogens is 1920 g/mol. The van der Waals surface area contributed by atoms with Crippen molar-refractivity contribution in [1.29, 1.82) is 0 Å². The molecule has 34 heteroatoms. The molecule has 0 aliphatic carbocycles. The SMILES string of the molecule is Cc1c(C(=O)NN2CCCCC2)nc(-c2ccc(Cl)cc2Cl)n1-c1ccc(C#CCCO)cc1.Cc1c(C(=O)NN2CCCCC2)nc(-c2ccc(Cl)cc2Cl)n1-c1ccc(C#CCO)cc1.O=C(NN1CCCCC1)c1nc(-c2ccc(Cl)cc2Cl)n(-c2ccc(-c3nccs3)cc2)c1CO.[C-]#[N+]CCC#Cc1ccc(-n2c(-c3ccc(Cl)cc3Cl)nc(C(=O)NN3CCCCC3)c2C)cc1. The molecule has 704 valence electrons. The lowest BCUT2D eigenvalue weighted by atomic mass is 10.1. The van der Waals surface area contributed by atoms with Gasteiger partial charge in [-0.05, 0) is 242 Å². The lowest BCUT2D eigenvalue weighted by Crippen LogP contribution is -2.45. The number of imidazole rings is 4. The third kappa shape index (κ3) is 25.8. The number of rotatable bonds is 20. The van der Waals surface area contributed by atoms with E-state index in [-0.39, 0.29) is 49.1 Å². The zero-order chi connectivity index (χ0) is 96.6. The van der Waals surface area contributed by atoms with Crippen molar-refractivity contribution >= 4 is 128 Å². The quantitative estimate of drug-likeness (QED) is 0.0212. The molecule has 0 saturated carbocycles. The smallest absolute Gasteiger partial charge is 0.286 e. The number of benzene rings is 8. The number of nitrogens with one attached hydrogen (secondary N) is 4. The molecule has 0 radical (unpaired) electrons. The predicted octanol–water partition coefficient (Wildman–Crippen LogP) is 21.2. The fourth-order valence-corrected chi connectivity index (χ4v) is 18.8. The van der Waals surface area contributed by atoms with Gasteiger partial charge in [-0.2, -0.15) is 0 Å². The number of halogens is 8. The van der Waals surface area contributed by atoms with Crippen LogP contribution in [-0.4, -0.2) is 174 Å². The highest BCUT2D eigenvalue weighted by atomic mass is 35.5. The summed E-state index contributed by atoms with van der Waals surface area (Å²) in [6.07, 6.45) is 15.8. The number of carbonyl (C=O) groups excluding carboxylic acids is 4. The average molecular weight is 2020 g/mol. The Morgan fingerprint density at radius 2 is 0.686 bits per heavy atom. The van der Waals surface area contributed by atoms with Gasteiger partial charge in [0, 0.05) is 158 Å². The van der Waals surface area contributed by atoms with Crippen molar-refractivity contribution in [2.24, 2.45) is 0 Å². The number of amides is 4. The Morgan fingerprint density at radius 1 is 0.387 bits per heavy atom. The molecule has 0 spiro atoms. The minimum Gasteiger partial charge on any atom is -0.395 e. The average Bonchev–Trinajstić information content (AvgIpc) is 1.61. The number of aliphatic hydroxyl groups is 3. The van der Waals surface area contributed by atoms with Crippen molar-refractivity contribution in [3.05, 3.63) is 295 Å². The molecule has 0 unspecified atom stereocenters. The van der Waals surface area contributed by atoms with Gasteiger partial charge in [0.25, 0.3) is 23.6 Å². The van der Waals surface area contributed by atoms with E-state index in [1.165, 1.54) is 19.3 Å². The first-order chi connectivity index (χ1) is 66.5. The van der Waals surface area contributed by atoms with Crippen molar-refractivity contribution < 1.29 is 34.5 Å². The summed E-state index contributed by atoms with van der Waals surface area (Å²) in [6.45, 7) is 18.9. The molecule has 7 N–H and O–H groups in total. The number of aliphatic hydroxyl groups excluding tert-OH is 3. The molecule has 0 bridgehead atoms. The first kappa shape index (κ1) is 101. The maximum atomic E-state index is 13.3. The van der Waals surface area contributed by atoms with Crippen molar-refractivity contribution in [3.8, 4) is 114 Å². The molecular formula is C103H98Cl8N18O7S. The lowest BCUT2D eigenvalue weighted by molar-refractivity contribution is 0.0735. The van der Waals surface area contributed by atoms with E-state index in [0.29, 0.717) is 145 Å². The van der Waals surface area contributed by atoms with Gasteiger partial charge in [0.2, 0.25) is 6.54 Å². The van der Waals surface area contributed by atoms with Gasteiger partial charge in [-0.1, -0.05) is 154 Å². The monoisotopic (exact) mass is 2010 g/mol. The van der Waals surface area contributed by atoms with Crippen molar-refractivity contribution in [3.63, 3.8) is 0 Å². The van der Waals surface area contributed by atoms with Gasteiger partial charge in [0.1, 0.15) is 34.9 Å². The summed E-state index contributed by atoms with van der Waals surface area (Å²) < 4.78 is 7.52. The molecule has 8 aromatic carbocycles. The van der Waals surface area contributed by atoms with E-state index in [4.69, 9.17) is 125 Å². The second kappa shape index (κ2) is 49.1. The Bertz CT molecular complexity index is 6720. The van der Waals surface area contributed by atoms with Gasteiger partial charge in [-0.3, -0.25) is 59.1 Å². The highest BCUT2D eigenvalue weighted by molar-refractivity contribution is 7.13. The molecule has 13 aromatic rings. The van der Waals surface area contributed by atoms with Crippen LogP contribution in [0.2, 0.25) is 40.2 Å². The van der Waals surface area contributed by atoms with Crippen LogP contribution < -0.4 is 21.7 Å². The Balaban J connectivity index is 0.000000146. The molecule has 4 saturated heterocycles. The number of piperidine rings is 4. The van der Waals surface area contributed by atoms with Crippen molar-refractivity contribution in [2.75, 3.05) is 72.1 Å². The van der Waals surface area contributed by atoms with Gasteiger partial charge >= 0.3 is 0 Å². The van der Waals surface area contributed by atoms with E-state index in [1.807, 2.05) is 169 Å². The fraction of sp³-hybridized carbons (Fsp3) is 0.282. The first-order valence-corrected chi connectivity index (χ1v) is 48.8. The Labute approximate surface area is 839 Å². The molecule has 4 aliphatic heterocycles. The van der Waals surface area contributed by atoms with E-state index in [9.17, 15) is 24.3 Å². The summed E-state index contributed by atoms with van der Waals surface area (Å²) in [5, 5.41) is 42.7. The van der Waals surface area contributed by atoms with Gasteiger partial charge in [-0.15, -0.1) is 11.3 Å². The third-order valence-corrected chi connectivity index (χ3v) is 26.0. The maximum Gasteiger partial charge on any atom is 0.286 e. The van der Waals surface area contributed by atoms with E-state index in [2.05, 4.69) is 72.0 Å². The zero-order valence-corrected chi connectivity index (χ0v) is 82.2. The molecule has 25 nitrogen and oxygen atoms in total. The van der Waals surface area contributed by atoms with Gasteiger partial charge in [0.15, 0.2) is 22.8 Å². The second-order valence-corrected chi connectivity index (χ2v) is 36.8. The summed E-state index contributed by atoms with van der Waals surface area (Å²) in [6, 6.07) is 51.4. The minimum absolute atomic E-state index is 0.0345. The van der Waals surface area contributed by atoms with Crippen LogP contribution in [0.5, 0.6) is 0 Å². The highest BCUT2D eigenvalue weighted by Gasteiger charge is 2.32. The first-order valence-electron chi connectivity index (χ1n) is 44.9. The van der Waals surface area contributed by atoms with Gasteiger partial charge < -0.3 is 20.2 Å². The molecule has 5 aromatic heterocycles. The Morgan fingerprint density at radius 3 is 0.985 bits per heavy atom. The van der Waals surface area contributed by atoms with E-state index < -0.39 is 0 Å². The van der Waals surface area contributed by atoms with E-state index >= 15 is 0 Å². The summed E-state index contributed by atoms with van der Waals surface area (Å²) in [7, 11) is 0. The summed E-state index contributed by atoms with van der Waals surface area (Å²) in [5.41, 5.74) is 24.9. The molecule has 4 fully saturated rings. The Kier molecular flexibility index (Phi) is 36.2. The number of carbonyl (C=O) groups is 4. The second-order valence-electron chi connectivity index (χ2n) is 32.5. The topological polar surface area (TPSA) is 279 Å². The standard InChI is InChI=1S/C27H25Cl2N5O.C26H26Cl2N4O2.C25H23Cl2N5O2S.C25H24Cl2N4O2/c1-19-25(27(35)32-33-16-6-3-7-17-33)31-26(23-14-11-21(28)18-24(23)29)34(19)22-12-9-20(10-13-22)8-4-5-15-30-2;1-18-24(26(34)30-31-14-4-2-5-15-31)29-25(22-13-10-20(27)17-23(22)28)32(18)21-11-8-19(9-12-21)7-3-6-16-33;26-17-6-9-19(20(27)14-17)23-29-22(24(34)30-31-11-2-1-3-12-31)21(15-33)32(23)18-7-4-16(5-8-18)25-28-10-13-35-25;1-17-23(25(33)29-30-13-3-2-4-14-30)28-24(21-12-9-19(26)16-22(21)27)31(17)20-10-7-18(8-11-20)6-5-15-32/h9-14,18H,3,5-7,15-17H2,1H3,(H,32,35);8-13,17,33H,2,4-6,14-16H2,1H3,(H,30,34);4-10,13-14,33H,1-3,11-12,15H2,(H,30,34);7-12,16,32H,2-4,13-15H2,1H3,(H,29,33). The highest BCUT2D eigenvalue weighted by Crippen LogP contribution is 2.40. The number of hydrogen-bond acceptors (Lipinski definition) is 17. The van der Waals surface area contributed by atoms with Crippen LogP contribution in [0.3, 0.4) is 0 Å². The van der Waals surface area contributed by atoms with E-state index in [1.54, 1.807) is 82.8 Å². The molecule has 0 atom stereocenters. The van der Waals surface area contributed by atoms with Gasteiger partial charge in [-0.25, -0.2) is 51.5 Å². The molecule has 4 amide bonds. The number of hydrogen-bond donors (Lipinski definition) is 7. The number of thiazole rings is 1. The largest absolute Gasteiger partial charge is 0.395 e. The van der Waals surface area contributed by atoms with Crippen LogP contribution >= 0.6 is 104 Å².